The summed E-state index contributed by atoms with van der Waals surface area (Å²) in [6.45, 7) is 0. The fourth-order valence-electron chi connectivity index (χ4n) is 1.32. The van der Waals surface area contributed by atoms with Gasteiger partial charge in [0.05, 0.1) is 9.92 Å². The SMILES string of the molecule is O=C(O)c1cc(NS(=O)(=O)c2ccc(F)c(Cl)c2)n[nH]1. The lowest BCUT2D eigenvalue weighted by Gasteiger charge is -2.05. The first kappa shape index (κ1) is 14.3. The molecular weight excluding hydrogens is 313 g/mol. The molecule has 0 aliphatic rings. The number of H-pyrrole nitrogens is 1. The fraction of sp³-hybridized carbons (Fsp3) is 0. The highest BCUT2D eigenvalue weighted by molar-refractivity contribution is 7.92. The summed E-state index contributed by atoms with van der Waals surface area (Å²) in [7, 11) is -4.04. The Morgan fingerprint density at radius 3 is 2.65 bits per heavy atom. The largest absolute Gasteiger partial charge is 0.477 e. The van der Waals surface area contributed by atoms with E-state index in [-0.39, 0.29) is 21.4 Å². The first-order valence-electron chi connectivity index (χ1n) is 5.06. The molecule has 0 aliphatic heterocycles. The van der Waals surface area contributed by atoms with Gasteiger partial charge in [-0.05, 0) is 18.2 Å². The van der Waals surface area contributed by atoms with Crippen LogP contribution < -0.4 is 4.72 Å². The number of hydrogen-bond donors (Lipinski definition) is 3. The van der Waals surface area contributed by atoms with Crippen LogP contribution in [0.5, 0.6) is 0 Å². The van der Waals surface area contributed by atoms with Crippen LogP contribution in [0.15, 0.2) is 29.2 Å². The van der Waals surface area contributed by atoms with Crippen LogP contribution in [-0.4, -0.2) is 29.7 Å². The summed E-state index contributed by atoms with van der Waals surface area (Å²) >= 11 is 5.50. The number of aromatic carboxylic acids is 1. The van der Waals surface area contributed by atoms with Crippen molar-refractivity contribution in [2.75, 3.05) is 4.72 Å². The summed E-state index contributed by atoms with van der Waals surface area (Å²) in [5.74, 6) is -2.24. The molecule has 0 fully saturated rings. The third-order valence-electron chi connectivity index (χ3n) is 2.25. The zero-order chi connectivity index (χ0) is 14.9. The van der Waals surface area contributed by atoms with Gasteiger partial charge in [0.25, 0.3) is 10.0 Å². The minimum absolute atomic E-state index is 0.206. The average molecular weight is 320 g/mol. The second kappa shape index (κ2) is 5.10. The van der Waals surface area contributed by atoms with E-state index in [1.165, 1.54) is 0 Å². The highest BCUT2D eigenvalue weighted by Gasteiger charge is 2.18. The molecule has 2 rings (SSSR count). The maximum absolute atomic E-state index is 13.0. The molecule has 0 saturated heterocycles. The van der Waals surface area contributed by atoms with Gasteiger partial charge < -0.3 is 5.11 Å². The number of rotatable bonds is 4. The van der Waals surface area contributed by atoms with E-state index in [9.17, 15) is 17.6 Å². The second-order valence-corrected chi connectivity index (χ2v) is 5.74. The van der Waals surface area contributed by atoms with Gasteiger partial charge in [0.1, 0.15) is 11.5 Å². The molecule has 20 heavy (non-hydrogen) atoms. The fourth-order valence-corrected chi connectivity index (χ4v) is 2.59. The molecule has 0 radical (unpaired) electrons. The zero-order valence-electron chi connectivity index (χ0n) is 9.59. The first-order chi connectivity index (χ1) is 9.29. The van der Waals surface area contributed by atoms with Crippen molar-refractivity contribution in [2.45, 2.75) is 4.90 Å². The van der Waals surface area contributed by atoms with E-state index >= 15 is 0 Å². The van der Waals surface area contributed by atoms with Gasteiger partial charge in [0.2, 0.25) is 0 Å². The normalized spacial score (nSPS) is 11.3. The van der Waals surface area contributed by atoms with E-state index in [0.717, 1.165) is 24.3 Å². The van der Waals surface area contributed by atoms with Crippen molar-refractivity contribution in [3.05, 3.63) is 40.8 Å². The third-order valence-corrected chi connectivity index (χ3v) is 3.89. The van der Waals surface area contributed by atoms with Crippen molar-refractivity contribution >= 4 is 33.4 Å². The Morgan fingerprint density at radius 2 is 2.10 bits per heavy atom. The summed E-state index contributed by atoms with van der Waals surface area (Å²) in [6, 6.07) is 3.87. The molecule has 10 heteroatoms. The van der Waals surface area contributed by atoms with Crippen LogP contribution >= 0.6 is 11.6 Å². The molecule has 7 nitrogen and oxygen atoms in total. The Kier molecular flexibility index (Phi) is 3.64. The molecule has 1 aromatic carbocycles. The Bertz CT molecular complexity index is 775. The number of anilines is 1. The molecule has 1 heterocycles. The van der Waals surface area contributed by atoms with Gasteiger partial charge in [0.15, 0.2) is 5.82 Å². The van der Waals surface area contributed by atoms with Crippen LogP contribution in [-0.2, 0) is 10.0 Å². The number of sulfonamides is 1. The van der Waals surface area contributed by atoms with Crippen LogP contribution in [0.3, 0.4) is 0 Å². The lowest BCUT2D eigenvalue weighted by Crippen LogP contribution is -2.13. The number of carboxylic acids is 1. The quantitative estimate of drug-likeness (QED) is 0.794. The number of nitrogens with one attached hydrogen (secondary N) is 2. The van der Waals surface area contributed by atoms with Crippen molar-refractivity contribution in [1.82, 2.24) is 10.2 Å². The minimum Gasteiger partial charge on any atom is -0.477 e. The van der Waals surface area contributed by atoms with E-state index in [0.29, 0.717) is 0 Å². The standard InChI is InChI=1S/C10H7ClFN3O4S/c11-6-3-5(1-2-7(6)12)20(18,19)15-9-4-8(10(16)17)13-14-9/h1-4H,(H,16,17)(H2,13,14,15). The van der Waals surface area contributed by atoms with Crippen molar-refractivity contribution < 1.29 is 22.7 Å². The molecule has 2 aromatic rings. The summed E-state index contributed by atoms with van der Waals surface area (Å²) in [5.41, 5.74) is -0.278. The molecule has 106 valence electrons. The van der Waals surface area contributed by atoms with Crippen molar-refractivity contribution in [2.24, 2.45) is 0 Å². The van der Waals surface area contributed by atoms with Crippen LogP contribution in [0.4, 0.5) is 10.2 Å². The molecule has 0 aliphatic carbocycles. The van der Waals surface area contributed by atoms with Gasteiger partial charge in [-0.1, -0.05) is 11.6 Å². The van der Waals surface area contributed by atoms with Gasteiger partial charge in [0, 0.05) is 6.07 Å². The Hall–Kier alpha value is -2.13. The molecule has 1 aromatic heterocycles. The van der Waals surface area contributed by atoms with E-state index in [4.69, 9.17) is 16.7 Å². The van der Waals surface area contributed by atoms with Gasteiger partial charge in [-0.25, -0.2) is 17.6 Å². The Morgan fingerprint density at radius 1 is 1.40 bits per heavy atom. The van der Waals surface area contributed by atoms with Crippen molar-refractivity contribution in [3.63, 3.8) is 0 Å². The minimum atomic E-state index is -4.04. The van der Waals surface area contributed by atoms with Crippen LogP contribution in [0.2, 0.25) is 5.02 Å². The summed E-state index contributed by atoms with van der Waals surface area (Å²) in [6.07, 6.45) is 0. The number of aromatic amines is 1. The van der Waals surface area contributed by atoms with Crippen LogP contribution in [0, 0.1) is 5.82 Å². The van der Waals surface area contributed by atoms with Crippen LogP contribution in [0.1, 0.15) is 10.5 Å². The monoisotopic (exact) mass is 319 g/mol. The number of carboxylic acid groups (broad SMARTS) is 1. The number of benzene rings is 1. The van der Waals surface area contributed by atoms with E-state index in [1.807, 2.05) is 4.72 Å². The van der Waals surface area contributed by atoms with E-state index in [1.54, 1.807) is 0 Å². The van der Waals surface area contributed by atoms with Crippen molar-refractivity contribution in [3.8, 4) is 0 Å². The Labute approximate surface area is 117 Å². The van der Waals surface area contributed by atoms with Gasteiger partial charge in [-0.2, -0.15) is 5.10 Å². The van der Waals surface area contributed by atoms with Crippen molar-refractivity contribution in [1.29, 1.82) is 0 Å². The summed E-state index contributed by atoms with van der Waals surface area (Å²) in [5, 5.41) is 13.9. The molecule has 3 N–H and O–H groups in total. The summed E-state index contributed by atoms with van der Waals surface area (Å²) < 4.78 is 38.9. The maximum atomic E-state index is 13.0. The first-order valence-corrected chi connectivity index (χ1v) is 6.92. The predicted molar refractivity (Wildman–Crippen MR) is 67.8 cm³/mol. The van der Waals surface area contributed by atoms with Gasteiger partial charge >= 0.3 is 5.97 Å². The van der Waals surface area contributed by atoms with Crippen LogP contribution in [0.25, 0.3) is 0 Å². The summed E-state index contributed by atoms with van der Waals surface area (Å²) in [4.78, 5) is 10.4. The molecule has 0 atom stereocenters. The second-order valence-electron chi connectivity index (χ2n) is 3.65. The number of hydrogen-bond acceptors (Lipinski definition) is 4. The number of nitrogens with zero attached hydrogens (tertiary/aromatic N) is 1. The number of carbonyl (C=O) groups is 1. The number of halogens is 2. The average Bonchev–Trinajstić information content (AvgIpc) is 2.80. The third kappa shape index (κ3) is 2.89. The molecule has 0 saturated carbocycles. The highest BCUT2D eigenvalue weighted by Crippen LogP contribution is 2.21. The molecule has 0 amide bonds. The van der Waals surface area contributed by atoms with E-state index < -0.39 is 21.8 Å². The highest BCUT2D eigenvalue weighted by atomic mass is 35.5. The molecule has 0 bridgehead atoms. The van der Waals surface area contributed by atoms with Gasteiger partial charge in [-0.15, -0.1) is 0 Å². The van der Waals surface area contributed by atoms with Gasteiger partial charge in [-0.3, -0.25) is 9.82 Å². The van der Waals surface area contributed by atoms with E-state index in [2.05, 4.69) is 10.2 Å². The molecule has 0 unspecified atom stereocenters. The molecular formula is C10H7ClFN3O4S. The number of aromatic nitrogens is 2. The smallest absolute Gasteiger partial charge is 0.353 e. The lowest BCUT2D eigenvalue weighted by atomic mass is 10.3. The predicted octanol–water partition coefficient (Wildman–Crippen LogP) is 1.70. The lowest BCUT2D eigenvalue weighted by molar-refractivity contribution is 0.0690. The zero-order valence-corrected chi connectivity index (χ0v) is 11.2. The molecule has 0 spiro atoms. The topological polar surface area (TPSA) is 112 Å². The Balaban J connectivity index is 2.30. The maximum Gasteiger partial charge on any atom is 0.353 e.